The summed E-state index contributed by atoms with van der Waals surface area (Å²) in [5.41, 5.74) is 3.72. The predicted octanol–water partition coefficient (Wildman–Crippen LogP) is 3.64. The Bertz CT molecular complexity index is 416. The van der Waals surface area contributed by atoms with Crippen LogP contribution in [0.15, 0.2) is 33.6 Å². The van der Waals surface area contributed by atoms with Crippen molar-refractivity contribution < 1.29 is 9.90 Å². The quantitative estimate of drug-likeness (QED) is 0.559. The molecule has 2 rings (SSSR count). The van der Waals surface area contributed by atoms with Gasteiger partial charge in [-0.25, -0.2) is 0 Å². The number of rotatable bonds is 1. The lowest BCUT2D eigenvalue weighted by molar-refractivity contribution is -0.105. The molecule has 0 heterocycles. The summed E-state index contributed by atoms with van der Waals surface area (Å²) in [7, 11) is 0. The van der Waals surface area contributed by atoms with Crippen LogP contribution in [0.3, 0.4) is 0 Å². The van der Waals surface area contributed by atoms with Crippen LogP contribution in [0, 0.1) is 5.92 Å². The van der Waals surface area contributed by atoms with Crippen molar-refractivity contribution >= 4 is 17.9 Å². The van der Waals surface area contributed by atoms with Gasteiger partial charge in [-0.3, -0.25) is 4.79 Å². The fraction of sp³-hybridized carbons (Fsp3) is 0.462. The maximum Gasteiger partial charge on any atom is 0.146 e. The minimum Gasteiger partial charge on any atom is -0.515 e. The Hall–Kier alpha value is -1.02. The first-order chi connectivity index (χ1) is 7.69. The van der Waals surface area contributed by atoms with Crippen LogP contribution in [0.25, 0.3) is 0 Å². The number of allylic oxidation sites excluding steroid dienone is 5. The van der Waals surface area contributed by atoms with Gasteiger partial charge in [0.1, 0.15) is 6.29 Å². The lowest BCUT2D eigenvalue weighted by Crippen LogP contribution is -2.19. The fourth-order valence-electron chi connectivity index (χ4n) is 2.65. The number of aliphatic hydroxyl groups is 1. The van der Waals surface area contributed by atoms with E-state index in [2.05, 4.69) is 0 Å². The standard InChI is InChI=1S/C13H15ClO2/c1-8-10(6-15)4-2-9-3-5-11(7-16)13(14)12(8)9/h6-7,9,16H,2-5H2,1H3/b11-7+. The lowest BCUT2D eigenvalue weighted by Gasteiger charge is -2.32. The van der Waals surface area contributed by atoms with Crippen molar-refractivity contribution in [1.82, 2.24) is 0 Å². The van der Waals surface area contributed by atoms with Crippen molar-refractivity contribution in [2.45, 2.75) is 32.6 Å². The summed E-state index contributed by atoms with van der Waals surface area (Å²) in [6, 6.07) is 0. The maximum absolute atomic E-state index is 10.9. The molecule has 3 heteroatoms. The Kier molecular flexibility index (Phi) is 3.20. The highest BCUT2D eigenvalue weighted by atomic mass is 35.5. The third-order valence-corrected chi connectivity index (χ3v) is 4.08. The topological polar surface area (TPSA) is 37.3 Å². The van der Waals surface area contributed by atoms with Gasteiger partial charge in [0, 0.05) is 5.57 Å². The number of carbonyl (C=O) groups is 1. The third-order valence-electron chi connectivity index (χ3n) is 3.63. The summed E-state index contributed by atoms with van der Waals surface area (Å²) in [6.07, 6.45) is 5.71. The Balaban J connectivity index is 2.55. The summed E-state index contributed by atoms with van der Waals surface area (Å²) >= 11 is 6.27. The van der Waals surface area contributed by atoms with Gasteiger partial charge in [0.2, 0.25) is 0 Å². The number of carbonyl (C=O) groups excluding carboxylic acids is 1. The molecule has 0 aromatic rings. The summed E-state index contributed by atoms with van der Waals surface area (Å²) in [4.78, 5) is 10.9. The van der Waals surface area contributed by atoms with E-state index in [1.165, 1.54) is 0 Å². The van der Waals surface area contributed by atoms with Crippen LogP contribution in [-0.2, 0) is 4.79 Å². The summed E-state index contributed by atoms with van der Waals surface area (Å²) < 4.78 is 0. The second-order valence-corrected chi connectivity index (χ2v) is 4.80. The Morgan fingerprint density at radius 3 is 2.69 bits per heavy atom. The minimum atomic E-state index is 0.458. The van der Waals surface area contributed by atoms with E-state index < -0.39 is 0 Å². The summed E-state index contributed by atoms with van der Waals surface area (Å²) in [6.45, 7) is 1.95. The van der Waals surface area contributed by atoms with Crippen molar-refractivity contribution in [3.05, 3.63) is 33.6 Å². The average Bonchev–Trinajstić information content (AvgIpc) is 2.30. The first-order valence-electron chi connectivity index (χ1n) is 5.57. The van der Waals surface area contributed by atoms with E-state index in [9.17, 15) is 4.79 Å². The normalized spacial score (nSPS) is 28.4. The molecule has 0 saturated heterocycles. The Morgan fingerprint density at radius 2 is 2.06 bits per heavy atom. The van der Waals surface area contributed by atoms with Crippen molar-refractivity contribution in [1.29, 1.82) is 0 Å². The molecule has 0 saturated carbocycles. The van der Waals surface area contributed by atoms with E-state index in [4.69, 9.17) is 16.7 Å². The Morgan fingerprint density at radius 1 is 1.38 bits per heavy atom. The zero-order valence-corrected chi connectivity index (χ0v) is 10.0. The number of fused-ring (bicyclic) bond motifs is 1. The van der Waals surface area contributed by atoms with E-state index in [-0.39, 0.29) is 0 Å². The van der Waals surface area contributed by atoms with E-state index in [0.717, 1.165) is 60.5 Å². The summed E-state index contributed by atoms with van der Waals surface area (Å²) in [5, 5.41) is 9.74. The summed E-state index contributed by atoms with van der Waals surface area (Å²) in [5.74, 6) is 0.458. The van der Waals surface area contributed by atoms with Crippen LogP contribution >= 0.6 is 11.6 Å². The number of hydrogen-bond acceptors (Lipinski definition) is 2. The van der Waals surface area contributed by atoms with Gasteiger partial charge in [-0.05, 0) is 55.2 Å². The van der Waals surface area contributed by atoms with Gasteiger partial charge in [-0.1, -0.05) is 11.6 Å². The zero-order valence-electron chi connectivity index (χ0n) is 9.29. The van der Waals surface area contributed by atoms with Crippen molar-refractivity contribution in [3.63, 3.8) is 0 Å². The number of aldehydes is 1. The molecule has 1 N–H and O–H groups in total. The van der Waals surface area contributed by atoms with E-state index >= 15 is 0 Å². The van der Waals surface area contributed by atoms with Gasteiger partial charge in [0.15, 0.2) is 0 Å². The molecule has 0 fully saturated rings. The second kappa shape index (κ2) is 4.46. The van der Waals surface area contributed by atoms with Gasteiger partial charge < -0.3 is 5.11 Å². The smallest absolute Gasteiger partial charge is 0.146 e. The molecular weight excluding hydrogens is 224 g/mol. The molecule has 0 amide bonds. The average molecular weight is 239 g/mol. The molecule has 0 spiro atoms. The van der Waals surface area contributed by atoms with Crippen LogP contribution in [0.2, 0.25) is 0 Å². The molecule has 0 aromatic carbocycles. The number of hydrogen-bond donors (Lipinski definition) is 1. The highest BCUT2D eigenvalue weighted by molar-refractivity contribution is 6.32. The molecule has 2 nitrogen and oxygen atoms in total. The van der Waals surface area contributed by atoms with E-state index in [1.54, 1.807) is 0 Å². The largest absolute Gasteiger partial charge is 0.515 e. The molecule has 16 heavy (non-hydrogen) atoms. The van der Waals surface area contributed by atoms with Crippen molar-refractivity contribution in [2.24, 2.45) is 5.92 Å². The number of aliphatic hydroxyl groups excluding tert-OH is 1. The first kappa shape index (κ1) is 11.5. The highest BCUT2D eigenvalue weighted by Crippen LogP contribution is 2.45. The molecule has 0 bridgehead atoms. The molecule has 2 aliphatic carbocycles. The SMILES string of the molecule is CC1=C(C=O)CCC2CC/C(=C\O)C(Cl)=C12. The van der Waals surface area contributed by atoms with Crippen LogP contribution in [-0.4, -0.2) is 11.4 Å². The first-order valence-corrected chi connectivity index (χ1v) is 5.95. The van der Waals surface area contributed by atoms with Crippen molar-refractivity contribution in [3.8, 4) is 0 Å². The molecule has 2 aliphatic rings. The maximum atomic E-state index is 10.9. The van der Waals surface area contributed by atoms with Gasteiger partial charge in [-0.2, -0.15) is 0 Å². The minimum absolute atomic E-state index is 0.458. The lowest BCUT2D eigenvalue weighted by atomic mass is 9.74. The van der Waals surface area contributed by atoms with E-state index in [0.29, 0.717) is 11.0 Å². The number of halogens is 1. The zero-order chi connectivity index (χ0) is 11.7. The molecule has 1 unspecified atom stereocenters. The van der Waals surface area contributed by atoms with Gasteiger partial charge in [0.25, 0.3) is 0 Å². The Labute approximate surface area is 100 Å². The predicted molar refractivity (Wildman–Crippen MR) is 64.3 cm³/mol. The van der Waals surface area contributed by atoms with Gasteiger partial charge >= 0.3 is 0 Å². The molecule has 0 aliphatic heterocycles. The second-order valence-electron chi connectivity index (χ2n) is 4.42. The molecule has 0 aromatic heterocycles. The van der Waals surface area contributed by atoms with Gasteiger partial charge in [0.05, 0.1) is 11.3 Å². The molecule has 1 atom stereocenters. The monoisotopic (exact) mass is 238 g/mol. The van der Waals surface area contributed by atoms with Crippen LogP contribution in [0.5, 0.6) is 0 Å². The van der Waals surface area contributed by atoms with Crippen LogP contribution in [0.4, 0.5) is 0 Å². The fourth-order valence-corrected chi connectivity index (χ4v) is 3.09. The molecule has 86 valence electrons. The highest BCUT2D eigenvalue weighted by Gasteiger charge is 2.30. The third kappa shape index (κ3) is 1.71. The van der Waals surface area contributed by atoms with E-state index in [1.807, 2.05) is 6.92 Å². The van der Waals surface area contributed by atoms with Crippen molar-refractivity contribution in [2.75, 3.05) is 0 Å². The molecular formula is C13H15ClO2. The van der Waals surface area contributed by atoms with Gasteiger partial charge in [-0.15, -0.1) is 0 Å². The van der Waals surface area contributed by atoms with Crippen LogP contribution < -0.4 is 0 Å². The molecule has 0 radical (unpaired) electrons. The van der Waals surface area contributed by atoms with Crippen LogP contribution in [0.1, 0.15) is 32.6 Å².